The second-order valence-electron chi connectivity index (χ2n) is 4.19. The van der Waals surface area contributed by atoms with Gasteiger partial charge in [-0.3, -0.25) is 4.79 Å². The van der Waals surface area contributed by atoms with Gasteiger partial charge in [0.05, 0.1) is 5.25 Å². The maximum Gasteiger partial charge on any atom is 0.237 e. The Morgan fingerprint density at radius 2 is 1.85 bits per heavy atom. The molecule has 1 unspecified atom stereocenters. The standard InChI is InChI=1S/C15H13BrFNOS/c1-10(20-14-5-3-2-4-13(14)16)15(19)18-12-8-6-11(17)7-9-12/h2-10H,1H3,(H,18,19). The molecule has 1 amide bonds. The lowest BCUT2D eigenvalue weighted by atomic mass is 10.3. The molecule has 0 aliphatic carbocycles. The SMILES string of the molecule is CC(Sc1ccccc1Br)C(=O)Nc1ccc(F)cc1. The molecule has 0 saturated carbocycles. The molecule has 1 atom stereocenters. The van der Waals surface area contributed by atoms with Gasteiger partial charge in [0, 0.05) is 15.1 Å². The molecule has 1 N–H and O–H groups in total. The van der Waals surface area contributed by atoms with Crippen molar-refractivity contribution in [2.45, 2.75) is 17.1 Å². The van der Waals surface area contributed by atoms with Gasteiger partial charge >= 0.3 is 0 Å². The summed E-state index contributed by atoms with van der Waals surface area (Å²) in [5.41, 5.74) is 0.593. The first-order valence-electron chi connectivity index (χ1n) is 6.04. The van der Waals surface area contributed by atoms with E-state index in [0.29, 0.717) is 5.69 Å². The molecule has 104 valence electrons. The van der Waals surface area contributed by atoms with Crippen LogP contribution in [0.25, 0.3) is 0 Å². The fourth-order valence-corrected chi connectivity index (χ4v) is 3.01. The van der Waals surface area contributed by atoms with Crippen LogP contribution in [-0.2, 0) is 4.79 Å². The number of rotatable bonds is 4. The summed E-state index contributed by atoms with van der Waals surface area (Å²) in [5, 5.41) is 2.52. The van der Waals surface area contributed by atoms with Gasteiger partial charge in [-0.15, -0.1) is 11.8 Å². The monoisotopic (exact) mass is 353 g/mol. The summed E-state index contributed by atoms with van der Waals surface area (Å²) >= 11 is 4.92. The molecule has 0 bridgehead atoms. The largest absolute Gasteiger partial charge is 0.325 e. The number of halogens is 2. The first kappa shape index (κ1) is 15.1. The molecule has 20 heavy (non-hydrogen) atoms. The summed E-state index contributed by atoms with van der Waals surface area (Å²) < 4.78 is 13.8. The first-order chi connectivity index (χ1) is 9.56. The lowest BCUT2D eigenvalue weighted by molar-refractivity contribution is -0.115. The smallest absolute Gasteiger partial charge is 0.237 e. The summed E-state index contributed by atoms with van der Waals surface area (Å²) in [7, 11) is 0. The van der Waals surface area contributed by atoms with E-state index in [2.05, 4.69) is 21.2 Å². The Labute approximate surface area is 129 Å². The molecule has 0 spiro atoms. The molecule has 0 radical (unpaired) electrons. The van der Waals surface area contributed by atoms with Gasteiger partial charge in [0.25, 0.3) is 0 Å². The number of anilines is 1. The Kier molecular flexibility index (Phi) is 5.20. The normalized spacial score (nSPS) is 11.9. The van der Waals surface area contributed by atoms with Crippen LogP contribution in [0, 0.1) is 5.82 Å². The van der Waals surface area contributed by atoms with Crippen LogP contribution in [0.1, 0.15) is 6.92 Å². The Hall–Kier alpha value is -1.33. The number of carbonyl (C=O) groups excluding carboxylic acids is 1. The topological polar surface area (TPSA) is 29.1 Å². The highest BCUT2D eigenvalue weighted by Gasteiger charge is 2.15. The molecule has 0 heterocycles. The molecule has 5 heteroatoms. The minimum absolute atomic E-state index is 0.114. The van der Waals surface area contributed by atoms with Crippen LogP contribution in [0.5, 0.6) is 0 Å². The fraction of sp³-hybridized carbons (Fsp3) is 0.133. The van der Waals surface area contributed by atoms with Crippen molar-refractivity contribution in [1.29, 1.82) is 0 Å². The van der Waals surface area contributed by atoms with E-state index < -0.39 is 0 Å². The third kappa shape index (κ3) is 4.08. The zero-order valence-corrected chi connectivity index (χ0v) is 13.2. The number of carbonyl (C=O) groups is 1. The van der Waals surface area contributed by atoms with Crippen LogP contribution in [0.2, 0.25) is 0 Å². The number of hydrogen-bond acceptors (Lipinski definition) is 2. The highest BCUT2D eigenvalue weighted by Crippen LogP contribution is 2.30. The van der Waals surface area contributed by atoms with Gasteiger partial charge in [-0.05, 0) is 59.3 Å². The Bertz CT molecular complexity index is 603. The highest BCUT2D eigenvalue weighted by atomic mass is 79.9. The molecule has 2 rings (SSSR count). The van der Waals surface area contributed by atoms with E-state index in [1.807, 2.05) is 31.2 Å². The number of hydrogen-bond donors (Lipinski definition) is 1. The predicted octanol–water partition coefficient (Wildman–Crippen LogP) is 4.71. The van der Waals surface area contributed by atoms with Crippen molar-refractivity contribution in [2.75, 3.05) is 5.32 Å². The molecule has 2 nitrogen and oxygen atoms in total. The van der Waals surface area contributed by atoms with Crippen LogP contribution in [0.3, 0.4) is 0 Å². The lowest BCUT2D eigenvalue weighted by Crippen LogP contribution is -2.22. The Balaban J connectivity index is 1.99. The van der Waals surface area contributed by atoms with Crippen LogP contribution in [0.4, 0.5) is 10.1 Å². The second-order valence-corrected chi connectivity index (χ2v) is 6.42. The van der Waals surface area contributed by atoms with Crippen molar-refractivity contribution < 1.29 is 9.18 Å². The van der Waals surface area contributed by atoms with E-state index in [-0.39, 0.29) is 17.0 Å². The molecular weight excluding hydrogens is 341 g/mol. The maximum absolute atomic E-state index is 12.8. The van der Waals surface area contributed by atoms with Gasteiger partial charge in [0.2, 0.25) is 5.91 Å². The summed E-state index contributed by atoms with van der Waals surface area (Å²) in [6.07, 6.45) is 0. The number of thioether (sulfide) groups is 1. The maximum atomic E-state index is 12.8. The van der Waals surface area contributed by atoms with Crippen molar-refractivity contribution in [3.05, 3.63) is 58.8 Å². The average molecular weight is 354 g/mol. The summed E-state index contributed by atoms with van der Waals surface area (Å²) in [4.78, 5) is 13.1. The number of benzene rings is 2. The third-order valence-electron chi connectivity index (χ3n) is 2.62. The molecule has 2 aromatic rings. The summed E-state index contributed by atoms with van der Waals surface area (Å²) in [5.74, 6) is -0.434. The minimum Gasteiger partial charge on any atom is -0.325 e. The molecule has 2 aromatic carbocycles. The second kappa shape index (κ2) is 6.90. The summed E-state index contributed by atoms with van der Waals surface area (Å²) in [6.45, 7) is 1.84. The fourth-order valence-electron chi connectivity index (χ4n) is 1.56. The molecule has 0 aliphatic heterocycles. The number of amides is 1. The van der Waals surface area contributed by atoms with Gasteiger partial charge in [0.1, 0.15) is 5.82 Å². The lowest BCUT2D eigenvalue weighted by Gasteiger charge is -2.12. The van der Waals surface area contributed by atoms with Crippen molar-refractivity contribution in [3.8, 4) is 0 Å². The quantitative estimate of drug-likeness (QED) is 0.806. The Morgan fingerprint density at radius 3 is 2.50 bits per heavy atom. The zero-order valence-electron chi connectivity index (χ0n) is 10.8. The number of nitrogens with one attached hydrogen (secondary N) is 1. The summed E-state index contributed by atoms with van der Waals surface area (Å²) in [6, 6.07) is 13.5. The van der Waals surface area contributed by atoms with Gasteiger partial charge in [0.15, 0.2) is 0 Å². The first-order valence-corrected chi connectivity index (χ1v) is 7.71. The van der Waals surface area contributed by atoms with E-state index in [1.165, 1.54) is 23.9 Å². The van der Waals surface area contributed by atoms with E-state index in [4.69, 9.17) is 0 Å². The molecule has 0 saturated heterocycles. The van der Waals surface area contributed by atoms with Gasteiger partial charge in [-0.25, -0.2) is 4.39 Å². The van der Waals surface area contributed by atoms with Gasteiger partial charge < -0.3 is 5.32 Å². The van der Waals surface area contributed by atoms with Gasteiger partial charge in [-0.2, -0.15) is 0 Å². The molecular formula is C15H13BrFNOS. The van der Waals surface area contributed by atoms with E-state index in [1.54, 1.807) is 12.1 Å². The predicted molar refractivity (Wildman–Crippen MR) is 84.5 cm³/mol. The van der Waals surface area contributed by atoms with E-state index in [0.717, 1.165) is 9.37 Å². The van der Waals surface area contributed by atoms with Crippen molar-refractivity contribution in [1.82, 2.24) is 0 Å². The van der Waals surface area contributed by atoms with E-state index in [9.17, 15) is 9.18 Å². The van der Waals surface area contributed by atoms with Crippen LogP contribution in [0.15, 0.2) is 57.9 Å². The third-order valence-corrected chi connectivity index (χ3v) is 4.75. The molecule has 0 fully saturated rings. The van der Waals surface area contributed by atoms with Crippen molar-refractivity contribution in [2.24, 2.45) is 0 Å². The van der Waals surface area contributed by atoms with Crippen molar-refractivity contribution in [3.63, 3.8) is 0 Å². The average Bonchev–Trinajstić information content (AvgIpc) is 2.44. The van der Waals surface area contributed by atoms with Crippen LogP contribution in [-0.4, -0.2) is 11.2 Å². The molecule has 0 aliphatic rings. The molecule has 0 aromatic heterocycles. The Morgan fingerprint density at radius 1 is 1.20 bits per heavy atom. The minimum atomic E-state index is -0.321. The van der Waals surface area contributed by atoms with Crippen LogP contribution >= 0.6 is 27.7 Å². The van der Waals surface area contributed by atoms with Gasteiger partial charge in [-0.1, -0.05) is 12.1 Å². The van der Waals surface area contributed by atoms with E-state index >= 15 is 0 Å². The van der Waals surface area contributed by atoms with Crippen molar-refractivity contribution >= 4 is 39.3 Å². The van der Waals surface area contributed by atoms with Crippen LogP contribution < -0.4 is 5.32 Å². The highest BCUT2D eigenvalue weighted by molar-refractivity contribution is 9.10. The zero-order chi connectivity index (χ0) is 14.5.